The van der Waals surface area contributed by atoms with Crippen molar-refractivity contribution >= 4 is 11.4 Å². The van der Waals surface area contributed by atoms with E-state index in [1.165, 1.54) is 0 Å². The molecule has 0 N–H and O–H groups in total. The molecule has 2 aromatic carbocycles. The summed E-state index contributed by atoms with van der Waals surface area (Å²) in [6.07, 6.45) is 0. The van der Waals surface area contributed by atoms with E-state index in [9.17, 15) is 4.79 Å². The fraction of sp³-hybridized carbons (Fsp3) is 0.211. The monoisotopic (exact) mass is 262 g/mol. The minimum absolute atomic E-state index is 0.165. The molecule has 0 aromatic heterocycles. The van der Waals surface area contributed by atoms with Crippen LogP contribution in [0, 0.1) is 5.41 Å². The average molecular weight is 262 g/mol. The lowest BCUT2D eigenvalue weighted by Crippen LogP contribution is -2.16. The molecular formula is C19H18O. The smallest absolute Gasteiger partial charge is 0.190 e. The molecule has 20 heavy (non-hydrogen) atoms. The highest BCUT2D eigenvalue weighted by Crippen LogP contribution is 2.44. The van der Waals surface area contributed by atoms with Gasteiger partial charge in [0.15, 0.2) is 5.78 Å². The van der Waals surface area contributed by atoms with Crippen LogP contribution in [0.25, 0.3) is 5.57 Å². The maximum atomic E-state index is 12.8. The number of carbonyl (C=O) groups excluding carboxylic acids is 1. The number of benzene rings is 2. The maximum absolute atomic E-state index is 12.8. The zero-order chi connectivity index (χ0) is 14.3. The molecule has 1 aliphatic rings. The summed E-state index contributed by atoms with van der Waals surface area (Å²) in [6, 6.07) is 18.1. The predicted octanol–water partition coefficient (Wildman–Crippen LogP) is 4.73. The number of rotatable bonds is 1. The van der Waals surface area contributed by atoms with Crippen molar-refractivity contribution in [3.63, 3.8) is 0 Å². The van der Waals surface area contributed by atoms with Crippen LogP contribution < -0.4 is 0 Å². The molecule has 100 valence electrons. The van der Waals surface area contributed by atoms with E-state index in [4.69, 9.17) is 0 Å². The van der Waals surface area contributed by atoms with E-state index in [2.05, 4.69) is 32.9 Å². The van der Waals surface area contributed by atoms with Crippen LogP contribution in [0.4, 0.5) is 0 Å². The Bertz CT molecular complexity index is 700. The normalized spacial score (nSPS) is 14.7. The second-order valence-electron chi connectivity index (χ2n) is 6.24. The third-order valence-electron chi connectivity index (χ3n) is 3.73. The van der Waals surface area contributed by atoms with Crippen molar-refractivity contribution < 1.29 is 4.79 Å². The molecule has 3 rings (SSSR count). The number of hydrogen-bond donors (Lipinski definition) is 0. The predicted molar refractivity (Wildman–Crippen MR) is 82.7 cm³/mol. The van der Waals surface area contributed by atoms with Gasteiger partial charge in [0.05, 0.1) is 0 Å². The third kappa shape index (κ3) is 1.90. The first-order valence-corrected chi connectivity index (χ1v) is 6.94. The molecule has 0 aliphatic heterocycles. The molecule has 0 amide bonds. The van der Waals surface area contributed by atoms with Gasteiger partial charge in [-0.1, -0.05) is 75.4 Å². The number of fused-ring (bicyclic) bond motifs is 1. The number of Topliss-reactive ketones (excluding diaryl/α,β-unsaturated/α-hetero) is 1. The lowest BCUT2D eigenvalue weighted by atomic mass is 9.81. The number of hydrogen-bond acceptors (Lipinski definition) is 1. The van der Waals surface area contributed by atoms with E-state index in [0.717, 1.165) is 27.8 Å². The minimum Gasteiger partial charge on any atom is -0.289 e. The molecule has 0 unspecified atom stereocenters. The van der Waals surface area contributed by atoms with Crippen molar-refractivity contribution in [3.05, 3.63) is 76.9 Å². The summed E-state index contributed by atoms with van der Waals surface area (Å²) >= 11 is 0. The van der Waals surface area contributed by atoms with E-state index in [0.29, 0.717) is 0 Å². The Morgan fingerprint density at radius 3 is 1.90 bits per heavy atom. The summed E-state index contributed by atoms with van der Waals surface area (Å²) < 4.78 is 0. The van der Waals surface area contributed by atoms with E-state index in [-0.39, 0.29) is 11.2 Å². The van der Waals surface area contributed by atoms with Crippen LogP contribution in [0.1, 0.15) is 42.3 Å². The van der Waals surface area contributed by atoms with Crippen LogP contribution in [-0.4, -0.2) is 5.78 Å². The van der Waals surface area contributed by atoms with E-state index < -0.39 is 0 Å². The summed E-state index contributed by atoms with van der Waals surface area (Å²) in [5.41, 5.74) is 4.87. The van der Waals surface area contributed by atoms with E-state index in [1.54, 1.807) is 0 Å². The highest BCUT2D eigenvalue weighted by atomic mass is 16.1. The lowest BCUT2D eigenvalue weighted by molar-refractivity contribution is 0.101. The zero-order valence-corrected chi connectivity index (χ0v) is 12.1. The Labute approximate surface area is 120 Å². The topological polar surface area (TPSA) is 17.1 Å². The summed E-state index contributed by atoms with van der Waals surface area (Å²) in [7, 11) is 0. The minimum atomic E-state index is -0.165. The summed E-state index contributed by atoms with van der Waals surface area (Å²) in [6.45, 7) is 6.32. The molecule has 1 heteroatoms. The first-order chi connectivity index (χ1) is 9.50. The van der Waals surface area contributed by atoms with Crippen molar-refractivity contribution in [2.45, 2.75) is 20.8 Å². The second-order valence-corrected chi connectivity index (χ2v) is 6.24. The lowest BCUT2D eigenvalue weighted by Gasteiger charge is -2.21. The van der Waals surface area contributed by atoms with Crippen molar-refractivity contribution in [1.29, 1.82) is 0 Å². The fourth-order valence-electron chi connectivity index (χ4n) is 2.90. The second kappa shape index (κ2) is 4.45. The molecule has 0 heterocycles. The molecule has 0 fully saturated rings. The molecular weight excluding hydrogens is 244 g/mol. The van der Waals surface area contributed by atoms with Gasteiger partial charge in [-0.05, 0) is 22.1 Å². The Morgan fingerprint density at radius 1 is 0.750 bits per heavy atom. The molecule has 1 aliphatic carbocycles. The van der Waals surface area contributed by atoms with Gasteiger partial charge >= 0.3 is 0 Å². The Balaban J connectivity index is 2.34. The van der Waals surface area contributed by atoms with Crippen LogP contribution in [-0.2, 0) is 0 Å². The van der Waals surface area contributed by atoms with Gasteiger partial charge in [0.1, 0.15) is 0 Å². The fourth-order valence-corrected chi connectivity index (χ4v) is 2.90. The SMILES string of the molecule is CC(C)(C)C1=C(c2ccccc2)c2ccccc2C1=O. The van der Waals surface area contributed by atoms with Crippen LogP contribution in [0.3, 0.4) is 0 Å². The third-order valence-corrected chi connectivity index (χ3v) is 3.73. The van der Waals surface area contributed by atoms with E-state index >= 15 is 0 Å². The van der Waals surface area contributed by atoms with Crippen LogP contribution in [0.15, 0.2) is 60.2 Å². The molecule has 1 nitrogen and oxygen atoms in total. The Hall–Kier alpha value is -2.15. The quantitative estimate of drug-likeness (QED) is 0.726. The van der Waals surface area contributed by atoms with Crippen molar-refractivity contribution in [2.75, 3.05) is 0 Å². The van der Waals surface area contributed by atoms with Crippen molar-refractivity contribution in [1.82, 2.24) is 0 Å². The summed E-state index contributed by atoms with van der Waals surface area (Å²) in [5, 5.41) is 0. The molecule has 0 saturated carbocycles. The van der Waals surface area contributed by atoms with Crippen molar-refractivity contribution in [2.24, 2.45) is 5.41 Å². The highest BCUT2D eigenvalue weighted by Gasteiger charge is 2.36. The van der Waals surface area contributed by atoms with Gasteiger partial charge in [-0.15, -0.1) is 0 Å². The van der Waals surface area contributed by atoms with Crippen LogP contribution in [0.5, 0.6) is 0 Å². The Kier molecular flexibility index (Phi) is 2.86. The largest absolute Gasteiger partial charge is 0.289 e. The van der Waals surface area contributed by atoms with Crippen LogP contribution in [0.2, 0.25) is 0 Å². The van der Waals surface area contributed by atoms with Gasteiger partial charge in [0.2, 0.25) is 0 Å². The molecule has 0 radical (unpaired) electrons. The number of ketones is 1. The number of allylic oxidation sites excluding steroid dienone is 1. The van der Waals surface area contributed by atoms with Gasteiger partial charge in [-0.25, -0.2) is 0 Å². The number of carbonyl (C=O) groups is 1. The molecule has 0 saturated heterocycles. The van der Waals surface area contributed by atoms with Crippen molar-refractivity contribution in [3.8, 4) is 0 Å². The van der Waals surface area contributed by atoms with Gasteiger partial charge in [0.25, 0.3) is 0 Å². The standard InChI is InChI=1S/C19H18O/c1-19(2,3)17-16(13-9-5-4-6-10-13)14-11-7-8-12-15(14)18(17)20/h4-12H,1-3H3. The maximum Gasteiger partial charge on any atom is 0.190 e. The van der Waals surface area contributed by atoms with Gasteiger partial charge in [-0.2, -0.15) is 0 Å². The van der Waals surface area contributed by atoms with E-state index in [1.807, 2.05) is 42.5 Å². The van der Waals surface area contributed by atoms with Gasteiger partial charge in [-0.3, -0.25) is 4.79 Å². The summed E-state index contributed by atoms with van der Waals surface area (Å²) in [4.78, 5) is 12.8. The molecule has 0 bridgehead atoms. The summed E-state index contributed by atoms with van der Waals surface area (Å²) in [5.74, 6) is 0.173. The van der Waals surface area contributed by atoms with Gasteiger partial charge in [0, 0.05) is 11.1 Å². The van der Waals surface area contributed by atoms with Gasteiger partial charge < -0.3 is 0 Å². The molecule has 0 atom stereocenters. The first kappa shape index (κ1) is 12.9. The Morgan fingerprint density at radius 2 is 1.30 bits per heavy atom. The van der Waals surface area contributed by atoms with Crippen LogP contribution >= 0.6 is 0 Å². The molecule has 2 aromatic rings. The highest BCUT2D eigenvalue weighted by molar-refractivity contribution is 6.23. The first-order valence-electron chi connectivity index (χ1n) is 6.94. The molecule has 0 spiro atoms. The average Bonchev–Trinajstić information content (AvgIpc) is 2.74. The zero-order valence-electron chi connectivity index (χ0n) is 12.1.